The topological polar surface area (TPSA) is 50.3 Å². The van der Waals surface area contributed by atoms with Crippen LogP contribution in [-0.2, 0) is 4.74 Å². The van der Waals surface area contributed by atoms with Gasteiger partial charge in [-0.05, 0) is 54.9 Å². The Kier molecular flexibility index (Phi) is 4.72. The minimum Gasteiger partial charge on any atom is -0.381 e. The summed E-state index contributed by atoms with van der Waals surface area (Å²) >= 11 is 0. The highest BCUT2D eigenvalue weighted by Gasteiger charge is 2.55. The van der Waals surface area contributed by atoms with Crippen LogP contribution in [0.2, 0.25) is 0 Å². The first-order chi connectivity index (χ1) is 13.7. The molecule has 5 rings (SSSR count). The van der Waals surface area contributed by atoms with E-state index >= 15 is 0 Å². The quantitative estimate of drug-likeness (QED) is 0.855. The molecule has 148 valence electrons. The van der Waals surface area contributed by atoms with E-state index in [2.05, 4.69) is 20.4 Å². The summed E-state index contributed by atoms with van der Waals surface area (Å²) in [5, 5.41) is 11.7. The van der Waals surface area contributed by atoms with E-state index in [9.17, 15) is 8.78 Å². The lowest BCUT2D eigenvalue weighted by Crippen LogP contribution is -2.34. The fourth-order valence-electron chi connectivity index (χ4n) is 4.70. The molecule has 5 nitrogen and oxygen atoms in total. The average Bonchev–Trinajstić information content (AvgIpc) is 3.15. The number of nitrogens with zero attached hydrogens (tertiary/aromatic N) is 3. The molecule has 1 unspecified atom stereocenters. The van der Waals surface area contributed by atoms with Crippen molar-refractivity contribution in [2.75, 3.05) is 38.2 Å². The largest absolute Gasteiger partial charge is 0.381 e. The highest BCUT2D eigenvalue weighted by molar-refractivity contribution is 5.60. The Labute approximate surface area is 163 Å². The highest BCUT2D eigenvalue weighted by Crippen LogP contribution is 2.47. The van der Waals surface area contributed by atoms with Crippen molar-refractivity contribution in [3.05, 3.63) is 42.0 Å². The number of piperidine rings is 1. The fraction of sp³-hybridized carbons (Fsp3) is 0.524. The molecule has 2 aromatic rings. The number of hydrogen-bond acceptors (Lipinski definition) is 5. The van der Waals surface area contributed by atoms with Crippen molar-refractivity contribution in [1.29, 1.82) is 0 Å². The Morgan fingerprint density at radius 1 is 1.04 bits per heavy atom. The number of rotatable bonds is 5. The number of aromatic nitrogens is 2. The minimum atomic E-state index is -0.890. The summed E-state index contributed by atoms with van der Waals surface area (Å²) in [6.45, 7) is 5.28. The number of fused-ring (bicyclic) bond motifs is 1. The molecular formula is C21H24F2N4O. The van der Waals surface area contributed by atoms with Crippen LogP contribution in [0.3, 0.4) is 0 Å². The van der Waals surface area contributed by atoms with E-state index in [0.29, 0.717) is 29.4 Å². The third-order valence-corrected chi connectivity index (χ3v) is 6.33. The van der Waals surface area contributed by atoms with Crippen LogP contribution in [0.1, 0.15) is 12.8 Å². The Bertz CT molecular complexity index is 829. The zero-order valence-corrected chi connectivity index (χ0v) is 15.7. The van der Waals surface area contributed by atoms with E-state index in [-0.39, 0.29) is 5.56 Å². The van der Waals surface area contributed by atoms with Gasteiger partial charge in [-0.25, -0.2) is 8.78 Å². The van der Waals surface area contributed by atoms with E-state index in [4.69, 9.17) is 4.74 Å². The summed E-state index contributed by atoms with van der Waals surface area (Å²) in [5.74, 6) is 1.04. The maximum absolute atomic E-state index is 13.9. The predicted octanol–water partition coefficient (Wildman–Crippen LogP) is 3.19. The molecule has 0 bridgehead atoms. The second-order valence-electron chi connectivity index (χ2n) is 8.18. The van der Waals surface area contributed by atoms with Crippen LogP contribution in [0.4, 0.5) is 14.6 Å². The predicted molar refractivity (Wildman–Crippen MR) is 102 cm³/mol. The van der Waals surface area contributed by atoms with Crippen molar-refractivity contribution in [2.24, 2.45) is 17.8 Å². The van der Waals surface area contributed by atoms with E-state index in [1.807, 2.05) is 0 Å². The molecular weight excluding hydrogens is 362 g/mol. The summed E-state index contributed by atoms with van der Waals surface area (Å²) in [6, 6.07) is 7.99. The highest BCUT2D eigenvalue weighted by atomic mass is 19.2. The molecule has 1 aliphatic carbocycles. The molecule has 1 aromatic carbocycles. The molecule has 0 amide bonds. The van der Waals surface area contributed by atoms with Gasteiger partial charge in [-0.15, -0.1) is 10.2 Å². The summed E-state index contributed by atoms with van der Waals surface area (Å²) in [7, 11) is 0. The molecule has 3 fully saturated rings. The molecule has 0 spiro atoms. The maximum Gasteiger partial charge on any atom is 0.168 e. The van der Waals surface area contributed by atoms with Gasteiger partial charge >= 0.3 is 0 Å². The normalized spacial score (nSPS) is 27.6. The molecule has 1 aromatic heterocycles. The van der Waals surface area contributed by atoms with E-state index in [0.717, 1.165) is 38.3 Å². The fourth-order valence-corrected chi connectivity index (χ4v) is 4.70. The molecule has 7 heteroatoms. The van der Waals surface area contributed by atoms with Crippen LogP contribution in [0, 0.1) is 29.4 Å². The zero-order chi connectivity index (χ0) is 19.1. The minimum absolute atomic E-state index is 0.131. The number of likely N-dealkylation sites (tertiary alicyclic amines) is 1. The van der Waals surface area contributed by atoms with Crippen LogP contribution in [-0.4, -0.2) is 54.0 Å². The van der Waals surface area contributed by atoms with Crippen LogP contribution >= 0.6 is 0 Å². The number of anilines is 1. The Balaban J connectivity index is 1.15. The van der Waals surface area contributed by atoms with Gasteiger partial charge in [0.2, 0.25) is 0 Å². The smallest absolute Gasteiger partial charge is 0.168 e. The van der Waals surface area contributed by atoms with Gasteiger partial charge in [0, 0.05) is 44.5 Å². The van der Waals surface area contributed by atoms with Crippen molar-refractivity contribution in [1.82, 2.24) is 15.1 Å². The third kappa shape index (κ3) is 3.49. The molecule has 3 aliphatic rings. The molecule has 28 heavy (non-hydrogen) atoms. The maximum atomic E-state index is 13.9. The lowest BCUT2D eigenvalue weighted by atomic mass is 10.00. The molecule has 2 saturated heterocycles. The summed E-state index contributed by atoms with van der Waals surface area (Å²) in [5.41, 5.74) is 0.465. The Hall–Kier alpha value is -2.12. The lowest BCUT2D eigenvalue weighted by Gasteiger charge is -2.28. The monoisotopic (exact) mass is 386 g/mol. The number of hydrogen-bond donors (Lipinski definition) is 1. The van der Waals surface area contributed by atoms with Crippen molar-refractivity contribution in [2.45, 2.75) is 18.9 Å². The van der Waals surface area contributed by atoms with Gasteiger partial charge < -0.3 is 15.0 Å². The average molecular weight is 386 g/mol. The lowest BCUT2D eigenvalue weighted by molar-refractivity contribution is 0.0540. The summed E-state index contributed by atoms with van der Waals surface area (Å²) < 4.78 is 32.7. The van der Waals surface area contributed by atoms with Crippen LogP contribution in [0.15, 0.2) is 30.3 Å². The van der Waals surface area contributed by atoms with Crippen LogP contribution in [0.25, 0.3) is 11.3 Å². The van der Waals surface area contributed by atoms with Gasteiger partial charge in [-0.3, -0.25) is 0 Å². The van der Waals surface area contributed by atoms with Crippen LogP contribution in [0.5, 0.6) is 0 Å². The molecule has 2 aliphatic heterocycles. The second-order valence-corrected chi connectivity index (χ2v) is 8.18. The molecule has 0 radical (unpaired) electrons. The molecule has 3 atom stereocenters. The van der Waals surface area contributed by atoms with E-state index in [1.165, 1.54) is 31.5 Å². The van der Waals surface area contributed by atoms with Gasteiger partial charge in [0.15, 0.2) is 11.6 Å². The van der Waals surface area contributed by atoms with Crippen molar-refractivity contribution < 1.29 is 13.5 Å². The second kappa shape index (κ2) is 7.37. The summed E-state index contributed by atoms with van der Waals surface area (Å²) in [4.78, 5) is 2.59. The van der Waals surface area contributed by atoms with Crippen LogP contribution < -0.4 is 5.32 Å². The van der Waals surface area contributed by atoms with E-state index < -0.39 is 11.6 Å². The van der Waals surface area contributed by atoms with Crippen molar-refractivity contribution in [3.63, 3.8) is 0 Å². The number of ether oxygens (including phenoxy) is 1. The summed E-state index contributed by atoms with van der Waals surface area (Å²) in [6.07, 6.45) is 2.36. The van der Waals surface area contributed by atoms with Crippen molar-refractivity contribution >= 4 is 5.82 Å². The Morgan fingerprint density at radius 3 is 2.54 bits per heavy atom. The number of benzene rings is 1. The van der Waals surface area contributed by atoms with Gasteiger partial charge in [-0.2, -0.15) is 0 Å². The first-order valence-corrected chi connectivity index (χ1v) is 10.0. The van der Waals surface area contributed by atoms with Gasteiger partial charge in [0.05, 0.1) is 5.69 Å². The molecule has 3 heterocycles. The Morgan fingerprint density at radius 2 is 1.82 bits per heavy atom. The number of nitrogens with one attached hydrogen (secondary N) is 1. The third-order valence-electron chi connectivity index (χ3n) is 6.33. The first kappa shape index (κ1) is 17.9. The van der Waals surface area contributed by atoms with Gasteiger partial charge in [0.25, 0.3) is 0 Å². The van der Waals surface area contributed by atoms with Crippen molar-refractivity contribution in [3.8, 4) is 11.3 Å². The molecule has 1 N–H and O–H groups in total. The standard InChI is InChI=1S/C21H24F2N4O/c22-17-3-1-2-14(20(17)23)18-4-5-19(26-25-18)24-21-15-11-27(12-16(15)21)10-13-6-8-28-9-7-13/h1-5,13,15-16,21H,6-12H2,(H,24,26)/t15-,16+,21?. The van der Waals surface area contributed by atoms with E-state index in [1.54, 1.807) is 12.1 Å². The van der Waals surface area contributed by atoms with Gasteiger partial charge in [-0.1, -0.05) is 6.07 Å². The first-order valence-electron chi connectivity index (χ1n) is 10.0. The number of halogens is 2. The molecule has 1 saturated carbocycles. The SMILES string of the molecule is Fc1cccc(-c2ccc(NC3[C@H]4CN(CC5CCOCC5)C[C@@H]34)nn2)c1F. The zero-order valence-electron chi connectivity index (χ0n) is 15.7. The van der Waals surface area contributed by atoms with Gasteiger partial charge in [0.1, 0.15) is 5.82 Å².